The third-order valence-electron chi connectivity index (χ3n) is 3.24. The standard InChI is InChI=1S/C15H17Br2NO/c16-13-8-12(9-14(17)10-13)15(19)18-7-6-11-4-2-1-3-5-11/h4,8-10H,1-3,5-7H2,(H,18,19). The number of hydrogen-bond donors (Lipinski definition) is 1. The Morgan fingerprint density at radius 3 is 2.53 bits per heavy atom. The van der Waals surface area contributed by atoms with Crippen molar-refractivity contribution >= 4 is 37.8 Å². The van der Waals surface area contributed by atoms with Crippen LogP contribution in [-0.4, -0.2) is 12.5 Å². The van der Waals surface area contributed by atoms with Crippen molar-refractivity contribution in [2.45, 2.75) is 32.1 Å². The first-order valence-corrected chi connectivity index (χ1v) is 8.16. The Labute approximate surface area is 130 Å². The van der Waals surface area contributed by atoms with Gasteiger partial charge in [-0.15, -0.1) is 0 Å². The summed E-state index contributed by atoms with van der Waals surface area (Å²) in [5.74, 6) is -0.0154. The summed E-state index contributed by atoms with van der Waals surface area (Å²) in [4.78, 5) is 12.0. The fourth-order valence-corrected chi connectivity index (χ4v) is 3.55. The maximum atomic E-state index is 12.0. The average Bonchev–Trinajstić information content (AvgIpc) is 2.38. The molecule has 0 bridgehead atoms. The van der Waals surface area contributed by atoms with Gasteiger partial charge in [0.1, 0.15) is 0 Å². The monoisotopic (exact) mass is 385 g/mol. The molecule has 4 heteroatoms. The summed E-state index contributed by atoms with van der Waals surface area (Å²) in [7, 11) is 0. The quantitative estimate of drug-likeness (QED) is 0.737. The van der Waals surface area contributed by atoms with E-state index >= 15 is 0 Å². The number of halogens is 2. The molecule has 0 atom stereocenters. The second kappa shape index (κ2) is 7.25. The van der Waals surface area contributed by atoms with Crippen molar-refractivity contribution in [3.63, 3.8) is 0 Å². The van der Waals surface area contributed by atoms with Gasteiger partial charge in [0.15, 0.2) is 0 Å². The molecule has 102 valence electrons. The van der Waals surface area contributed by atoms with Gasteiger partial charge in [-0.3, -0.25) is 4.79 Å². The van der Waals surface area contributed by atoms with Gasteiger partial charge >= 0.3 is 0 Å². The van der Waals surface area contributed by atoms with Gasteiger partial charge in [-0.1, -0.05) is 43.5 Å². The first-order valence-electron chi connectivity index (χ1n) is 6.57. The van der Waals surface area contributed by atoms with Crippen molar-refractivity contribution in [1.82, 2.24) is 5.32 Å². The van der Waals surface area contributed by atoms with Crippen LogP contribution in [-0.2, 0) is 0 Å². The summed E-state index contributed by atoms with van der Waals surface area (Å²) in [5.41, 5.74) is 2.17. The molecule has 0 saturated heterocycles. The minimum absolute atomic E-state index is 0.0154. The van der Waals surface area contributed by atoms with Gasteiger partial charge in [0.05, 0.1) is 0 Å². The minimum Gasteiger partial charge on any atom is -0.352 e. The molecule has 0 radical (unpaired) electrons. The number of carbonyl (C=O) groups is 1. The highest BCUT2D eigenvalue weighted by molar-refractivity contribution is 9.11. The van der Waals surface area contributed by atoms with Crippen LogP contribution in [0.5, 0.6) is 0 Å². The molecule has 0 spiro atoms. The Balaban J connectivity index is 1.85. The molecular formula is C15H17Br2NO. The van der Waals surface area contributed by atoms with E-state index in [4.69, 9.17) is 0 Å². The number of allylic oxidation sites excluding steroid dienone is 1. The third kappa shape index (κ3) is 4.77. The van der Waals surface area contributed by atoms with Crippen LogP contribution < -0.4 is 5.32 Å². The normalized spacial score (nSPS) is 14.9. The Bertz CT molecular complexity index is 477. The van der Waals surface area contributed by atoms with Gasteiger partial charge in [0.2, 0.25) is 0 Å². The summed E-state index contributed by atoms with van der Waals surface area (Å²) >= 11 is 6.79. The van der Waals surface area contributed by atoms with Crippen molar-refractivity contribution in [2.75, 3.05) is 6.54 Å². The predicted octanol–water partition coefficient (Wildman–Crippen LogP) is 4.83. The van der Waals surface area contributed by atoms with E-state index in [-0.39, 0.29) is 5.91 Å². The van der Waals surface area contributed by atoms with Crippen LogP contribution in [0.2, 0.25) is 0 Å². The van der Waals surface area contributed by atoms with Crippen LogP contribution in [0.15, 0.2) is 38.8 Å². The Kier molecular flexibility index (Phi) is 5.64. The molecule has 1 aromatic rings. The molecule has 1 amide bonds. The molecule has 0 unspecified atom stereocenters. The minimum atomic E-state index is -0.0154. The number of hydrogen-bond acceptors (Lipinski definition) is 1. The SMILES string of the molecule is O=C(NCCC1=CCCCC1)c1cc(Br)cc(Br)c1. The van der Waals surface area contributed by atoms with Crippen LogP contribution >= 0.6 is 31.9 Å². The van der Waals surface area contributed by atoms with E-state index in [0.717, 1.165) is 21.9 Å². The fourth-order valence-electron chi connectivity index (χ4n) is 2.26. The second-order valence-corrected chi connectivity index (χ2v) is 6.60. The maximum absolute atomic E-state index is 12.0. The topological polar surface area (TPSA) is 29.1 Å². The molecular weight excluding hydrogens is 370 g/mol. The number of amides is 1. The summed E-state index contributed by atoms with van der Waals surface area (Å²) in [6.07, 6.45) is 8.28. The zero-order valence-electron chi connectivity index (χ0n) is 10.7. The highest BCUT2D eigenvalue weighted by Crippen LogP contribution is 2.21. The number of nitrogens with one attached hydrogen (secondary N) is 1. The van der Waals surface area contributed by atoms with Crippen LogP contribution in [0.1, 0.15) is 42.5 Å². The lowest BCUT2D eigenvalue weighted by Crippen LogP contribution is -2.24. The first-order chi connectivity index (χ1) is 9.15. The maximum Gasteiger partial charge on any atom is 0.251 e. The van der Waals surface area contributed by atoms with Crippen LogP contribution in [0.4, 0.5) is 0 Å². The average molecular weight is 387 g/mol. The lowest BCUT2D eigenvalue weighted by Gasteiger charge is -2.13. The van der Waals surface area contributed by atoms with Crippen LogP contribution in [0.3, 0.4) is 0 Å². The highest BCUT2D eigenvalue weighted by atomic mass is 79.9. The fraction of sp³-hybridized carbons (Fsp3) is 0.400. The van der Waals surface area contributed by atoms with Crippen molar-refractivity contribution in [1.29, 1.82) is 0 Å². The molecule has 2 rings (SSSR count). The largest absolute Gasteiger partial charge is 0.352 e. The Hall–Kier alpha value is -0.610. The highest BCUT2D eigenvalue weighted by Gasteiger charge is 2.08. The summed E-state index contributed by atoms with van der Waals surface area (Å²) in [5, 5.41) is 2.98. The molecule has 1 aromatic carbocycles. The molecule has 19 heavy (non-hydrogen) atoms. The van der Waals surface area contributed by atoms with E-state index < -0.39 is 0 Å². The van der Waals surface area contributed by atoms with Crippen molar-refractivity contribution in [2.24, 2.45) is 0 Å². The summed E-state index contributed by atoms with van der Waals surface area (Å²) in [6, 6.07) is 5.59. The number of benzene rings is 1. The van der Waals surface area contributed by atoms with Crippen molar-refractivity contribution in [3.05, 3.63) is 44.4 Å². The van der Waals surface area contributed by atoms with Crippen molar-refractivity contribution < 1.29 is 4.79 Å². The zero-order chi connectivity index (χ0) is 13.7. The lowest BCUT2D eigenvalue weighted by atomic mass is 9.97. The molecule has 0 saturated carbocycles. The van der Waals surface area contributed by atoms with Gasteiger partial charge in [-0.05, 0) is 50.3 Å². The van der Waals surface area contributed by atoms with Gasteiger partial charge in [-0.2, -0.15) is 0 Å². The van der Waals surface area contributed by atoms with E-state index in [1.807, 2.05) is 18.2 Å². The number of carbonyl (C=O) groups excluding carboxylic acids is 1. The summed E-state index contributed by atoms with van der Waals surface area (Å²) < 4.78 is 1.81. The molecule has 0 heterocycles. The molecule has 2 nitrogen and oxygen atoms in total. The van der Waals surface area contributed by atoms with E-state index in [1.54, 1.807) is 0 Å². The Morgan fingerprint density at radius 1 is 1.16 bits per heavy atom. The third-order valence-corrected chi connectivity index (χ3v) is 4.16. The van der Waals surface area contributed by atoms with E-state index in [1.165, 1.54) is 31.3 Å². The van der Waals surface area contributed by atoms with Crippen molar-refractivity contribution in [3.8, 4) is 0 Å². The first kappa shape index (κ1) is 14.8. The van der Waals surface area contributed by atoms with Gasteiger partial charge < -0.3 is 5.32 Å². The van der Waals surface area contributed by atoms with Gasteiger partial charge in [0.25, 0.3) is 5.91 Å². The van der Waals surface area contributed by atoms with Crippen LogP contribution in [0.25, 0.3) is 0 Å². The molecule has 1 aliphatic rings. The van der Waals surface area contributed by atoms with E-state index in [9.17, 15) is 4.79 Å². The molecule has 0 fully saturated rings. The molecule has 1 aliphatic carbocycles. The zero-order valence-corrected chi connectivity index (χ0v) is 13.9. The van der Waals surface area contributed by atoms with Gasteiger partial charge in [-0.25, -0.2) is 0 Å². The van der Waals surface area contributed by atoms with E-state index in [2.05, 4.69) is 43.3 Å². The van der Waals surface area contributed by atoms with Gasteiger partial charge in [0, 0.05) is 21.1 Å². The Morgan fingerprint density at radius 2 is 1.89 bits per heavy atom. The summed E-state index contributed by atoms with van der Waals surface area (Å²) in [6.45, 7) is 0.717. The predicted molar refractivity (Wildman–Crippen MR) is 85.3 cm³/mol. The van der Waals surface area contributed by atoms with Crippen LogP contribution in [0, 0.1) is 0 Å². The van der Waals surface area contributed by atoms with E-state index in [0.29, 0.717) is 5.56 Å². The lowest BCUT2D eigenvalue weighted by molar-refractivity contribution is 0.0954. The second-order valence-electron chi connectivity index (χ2n) is 4.77. The molecule has 0 aromatic heterocycles. The number of rotatable bonds is 4. The smallest absolute Gasteiger partial charge is 0.251 e. The molecule has 1 N–H and O–H groups in total. The molecule has 0 aliphatic heterocycles.